The lowest BCUT2D eigenvalue weighted by Gasteiger charge is -2.37. The van der Waals surface area contributed by atoms with Crippen LogP contribution in [0.3, 0.4) is 0 Å². The molecule has 0 spiro atoms. The lowest BCUT2D eigenvalue weighted by Crippen LogP contribution is -2.50. The molecule has 1 aromatic heterocycles. The van der Waals surface area contributed by atoms with Gasteiger partial charge in [-0.1, -0.05) is 0 Å². The number of rotatable bonds is 3. The van der Waals surface area contributed by atoms with E-state index in [1.807, 2.05) is 23.3 Å². The summed E-state index contributed by atoms with van der Waals surface area (Å²) in [4.78, 5) is 15.1. The molecule has 122 valence electrons. The van der Waals surface area contributed by atoms with E-state index >= 15 is 0 Å². The first-order valence-electron chi connectivity index (χ1n) is 6.97. The maximum atomic E-state index is 12.1. The largest absolute Gasteiger partial charge is 0.405 e. The third-order valence-electron chi connectivity index (χ3n) is 3.66. The summed E-state index contributed by atoms with van der Waals surface area (Å²) in [6.07, 6.45) is -1.45. The summed E-state index contributed by atoms with van der Waals surface area (Å²) < 4.78 is 36.3. The normalized spacial score (nSPS) is 16.5. The maximum Gasteiger partial charge on any atom is 0.405 e. The van der Waals surface area contributed by atoms with Crippen molar-refractivity contribution in [1.29, 1.82) is 0 Å². The highest BCUT2D eigenvalue weighted by atomic mass is 19.4. The van der Waals surface area contributed by atoms with Crippen LogP contribution in [0.25, 0.3) is 0 Å². The number of nitrogens with zero attached hydrogens (tertiary/aromatic N) is 4. The summed E-state index contributed by atoms with van der Waals surface area (Å²) in [5.41, 5.74) is 0. The maximum absolute atomic E-state index is 12.1. The van der Waals surface area contributed by atoms with Crippen LogP contribution in [0, 0.1) is 0 Å². The van der Waals surface area contributed by atoms with Gasteiger partial charge in [-0.3, -0.25) is 0 Å². The second-order valence-corrected chi connectivity index (χ2v) is 5.18. The van der Waals surface area contributed by atoms with Crippen LogP contribution in [-0.2, 0) is 0 Å². The number of urea groups is 1. The minimum Gasteiger partial charge on any atom is -0.355 e. The molecule has 1 aromatic rings. The number of alkyl halides is 3. The number of nitrogens with one attached hydrogen (secondary N) is 1. The molecule has 0 unspecified atom stereocenters. The van der Waals surface area contributed by atoms with Crippen LogP contribution < -0.4 is 10.2 Å². The fourth-order valence-electron chi connectivity index (χ4n) is 2.41. The smallest absolute Gasteiger partial charge is 0.355 e. The number of likely N-dealkylation sites (tertiary alicyclic amines) is 1. The SMILES string of the molecule is CN(c1cccnn1)C1CCN(C(=O)NCC(F)(F)F)CC1. The molecule has 1 aliphatic heterocycles. The number of amides is 2. The Balaban J connectivity index is 1.81. The molecule has 1 aliphatic rings. The highest BCUT2D eigenvalue weighted by Gasteiger charge is 2.30. The van der Waals surface area contributed by atoms with Crippen LogP contribution >= 0.6 is 0 Å². The van der Waals surface area contributed by atoms with Crippen LogP contribution in [0.5, 0.6) is 0 Å². The zero-order chi connectivity index (χ0) is 16.2. The van der Waals surface area contributed by atoms with Gasteiger partial charge in [0.15, 0.2) is 5.82 Å². The molecular weight excluding hydrogens is 299 g/mol. The molecule has 9 heteroatoms. The predicted molar refractivity (Wildman–Crippen MR) is 74.5 cm³/mol. The van der Waals surface area contributed by atoms with Gasteiger partial charge in [0.1, 0.15) is 6.54 Å². The number of aromatic nitrogens is 2. The first-order valence-corrected chi connectivity index (χ1v) is 6.97. The number of carbonyl (C=O) groups is 1. The quantitative estimate of drug-likeness (QED) is 0.921. The fourth-order valence-corrected chi connectivity index (χ4v) is 2.41. The third kappa shape index (κ3) is 4.47. The number of piperidine rings is 1. The summed E-state index contributed by atoms with van der Waals surface area (Å²) in [5.74, 6) is 0.738. The van der Waals surface area contributed by atoms with E-state index in [0.29, 0.717) is 25.9 Å². The van der Waals surface area contributed by atoms with Gasteiger partial charge < -0.3 is 15.1 Å². The van der Waals surface area contributed by atoms with E-state index in [0.717, 1.165) is 5.82 Å². The zero-order valence-corrected chi connectivity index (χ0v) is 12.2. The van der Waals surface area contributed by atoms with Crippen molar-refractivity contribution >= 4 is 11.8 Å². The summed E-state index contributed by atoms with van der Waals surface area (Å²) in [7, 11) is 1.90. The Hall–Kier alpha value is -2.06. The van der Waals surface area contributed by atoms with Gasteiger partial charge in [0, 0.05) is 32.4 Å². The van der Waals surface area contributed by atoms with E-state index < -0.39 is 18.8 Å². The van der Waals surface area contributed by atoms with E-state index in [-0.39, 0.29) is 6.04 Å². The number of hydrogen-bond acceptors (Lipinski definition) is 4. The molecule has 0 bridgehead atoms. The Kier molecular flexibility index (Phi) is 5.04. The number of hydrogen-bond donors (Lipinski definition) is 1. The topological polar surface area (TPSA) is 61.4 Å². The van der Waals surface area contributed by atoms with Crippen molar-refractivity contribution in [3.05, 3.63) is 18.3 Å². The van der Waals surface area contributed by atoms with Crippen molar-refractivity contribution in [1.82, 2.24) is 20.4 Å². The Labute approximate surface area is 126 Å². The molecule has 2 amide bonds. The van der Waals surface area contributed by atoms with Gasteiger partial charge in [0.2, 0.25) is 0 Å². The lowest BCUT2D eigenvalue weighted by molar-refractivity contribution is -0.123. The van der Waals surface area contributed by atoms with Gasteiger partial charge in [0.05, 0.1) is 0 Å². The molecule has 1 N–H and O–H groups in total. The van der Waals surface area contributed by atoms with Gasteiger partial charge in [-0.25, -0.2) is 4.79 Å². The number of anilines is 1. The highest BCUT2D eigenvalue weighted by molar-refractivity contribution is 5.74. The molecular formula is C13H18F3N5O. The van der Waals surface area contributed by atoms with E-state index in [2.05, 4.69) is 10.2 Å². The predicted octanol–water partition coefficient (Wildman–Crippen LogP) is 1.65. The average Bonchev–Trinajstić information content (AvgIpc) is 2.52. The molecule has 0 radical (unpaired) electrons. The van der Waals surface area contributed by atoms with Crippen LogP contribution in [0.2, 0.25) is 0 Å². The molecule has 1 saturated heterocycles. The molecule has 0 aromatic carbocycles. The summed E-state index contributed by atoms with van der Waals surface area (Å²) in [6, 6.07) is 3.15. The van der Waals surface area contributed by atoms with Crippen LogP contribution in [-0.4, -0.2) is 60.0 Å². The molecule has 0 atom stereocenters. The average molecular weight is 317 g/mol. The first-order chi connectivity index (χ1) is 10.4. The summed E-state index contributed by atoms with van der Waals surface area (Å²) in [5, 5.41) is 9.73. The molecule has 22 heavy (non-hydrogen) atoms. The molecule has 1 fully saturated rings. The minimum absolute atomic E-state index is 0.184. The van der Waals surface area contributed by atoms with Crippen molar-refractivity contribution in [3.8, 4) is 0 Å². The van der Waals surface area contributed by atoms with Gasteiger partial charge in [-0.2, -0.15) is 18.3 Å². The van der Waals surface area contributed by atoms with Gasteiger partial charge in [0.25, 0.3) is 0 Å². The summed E-state index contributed by atoms with van der Waals surface area (Å²) in [6.45, 7) is -0.469. The zero-order valence-electron chi connectivity index (χ0n) is 12.2. The standard InChI is InChI=1S/C13H18F3N5O/c1-20(11-3-2-6-18-19-11)10-4-7-21(8-5-10)12(22)17-9-13(14,15)16/h2-3,6,10H,4-5,7-9H2,1H3,(H,17,22). The Morgan fingerprint density at radius 1 is 1.45 bits per heavy atom. The van der Waals surface area contributed by atoms with Crippen molar-refractivity contribution in [2.24, 2.45) is 0 Å². The molecule has 6 nitrogen and oxygen atoms in total. The molecule has 2 heterocycles. The van der Waals surface area contributed by atoms with Crippen LogP contribution in [0.1, 0.15) is 12.8 Å². The van der Waals surface area contributed by atoms with Crippen molar-refractivity contribution in [2.75, 3.05) is 31.6 Å². The van der Waals surface area contributed by atoms with Crippen molar-refractivity contribution in [2.45, 2.75) is 25.1 Å². The van der Waals surface area contributed by atoms with Gasteiger partial charge in [-0.05, 0) is 25.0 Å². The molecule has 0 aliphatic carbocycles. The Morgan fingerprint density at radius 2 is 2.14 bits per heavy atom. The highest BCUT2D eigenvalue weighted by Crippen LogP contribution is 2.20. The monoisotopic (exact) mass is 317 g/mol. The lowest BCUT2D eigenvalue weighted by atomic mass is 10.0. The number of carbonyl (C=O) groups excluding carboxylic acids is 1. The van der Waals surface area contributed by atoms with E-state index in [1.165, 1.54) is 4.90 Å². The number of halogens is 3. The fraction of sp³-hybridized carbons (Fsp3) is 0.615. The Morgan fingerprint density at radius 3 is 2.68 bits per heavy atom. The third-order valence-corrected chi connectivity index (χ3v) is 3.66. The van der Waals surface area contributed by atoms with E-state index in [9.17, 15) is 18.0 Å². The van der Waals surface area contributed by atoms with Gasteiger partial charge >= 0.3 is 12.2 Å². The molecule has 0 saturated carbocycles. The first kappa shape index (κ1) is 16.3. The van der Waals surface area contributed by atoms with Crippen LogP contribution in [0.4, 0.5) is 23.8 Å². The Bertz CT molecular complexity index is 488. The molecule has 2 rings (SSSR count). The minimum atomic E-state index is -4.39. The second-order valence-electron chi connectivity index (χ2n) is 5.18. The van der Waals surface area contributed by atoms with E-state index in [4.69, 9.17) is 0 Å². The van der Waals surface area contributed by atoms with Crippen molar-refractivity contribution < 1.29 is 18.0 Å². The van der Waals surface area contributed by atoms with Crippen molar-refractivity contribution in [3.63, 3.8) is 0 Å². The summed E-state index contributed by atoms with van der Waals surface area (Å²) >= 11 is 0. The van der Waals surface area contributed by atoms with Crippen LogP contribution in [0.15, 0.2) is 18.3 Å². The van der Waals surface area contributed by atoms with Gasteiger partial charge in [-0.15, -0.1) is 5.10 Å². The second kappa shape index (κ2) is 6.80. The van der Waals surface area contributed by atoms with E-state index in [1.54, 1.807) is 12.3 Å².